The molecule has 0 amide bonds. The maximum Gasteiger partial charge on any atom is 0.0419 e. The zero-order chi connectivity index (χ0) is 13.7. The maximum atomic E-state index is 3.75. The third kappa shape index (κ3) is 4.16. The SMILES string of the molecule is CCCC(NC(C)c1cccc(Br)c1)c1cccs1. The van der Waals surface area contributed by atoms with E-state index >= 15 is 0 Å². The van der Waals surface area contributed by atoms with Crippen molar-refractivity contribution in [3.63, 3.8) is 0 Å². The molecule has 3 heteroatoms. The molecule has 1 N–H and O–H groups in total. The Labute approximate surface area is 128 Å². The number of hydrogen-bond acceptors (Lipinski definition) is 2. The molecule has 0 saturated carbocycles. The first-order chi connectivity index (χ1) is 9.20. The van der Waals surface area contributed by atoms with Crippen LogP contribution in [0, 0.1) is 0 Å². The molecule has 0 aliphatic carbocycles. The number of thiophene rings is 1. The molecule has 102 valence electrons. The minimum Gasteiger partial charge on any atom is -0.303 e. The van der Waals surface area contributed by atoms with Gasteiger partial charge in [-0.05, 0) is 42.5 Å². The lowest BCUT2D eigenvalue weighted by Gasteiger charge is -2.22. The smallest absolute Gasteiger partial charge is 0.0419 e. The average molecular weight is 338 g/mol. The summed E-state index contributed by atoms with van der Waals surface area (Å²) in [5.74, 6) is 0. The number of halogens is 1. The van der Waals surface area contributed by atoms with Crippen LogP contribution in [0.15, 0.2) is 46.3 Å². The van der Waals surface area contributed by atoms with Crippen LogP contribution in [0.5, 0.6) is 0 Å². The molecular weight excluding hydrogens is 318 g/mol. The number of benzene rings is 1. The first kappa shape index (κ1) is 14.8. The minimum atomic E-state index is 0.358. The van der Waals surface area contributed by atoms with Crippen molar-refractivity contribution < 1.29 is 0 Å². The van der Waals surface area contributed by atoms with Crippen molar-refractivity contribution in [1.82, 2.24) is 5.32 Å². The van der Waals surface area contributed by atoms with Crippen LogP contribution in [0.2, 0.25) is 0 Å². The Kier molecular flexibility index (Phi) is 5.61. The average Bonchev–Trinajstić information content (AvgIpc) is 2.92. The van der Waals surface area contributed by atoms with E-state index in [1.807, 2.05) is 11.3 Å². The van der Waals surface area contributed by atoms with Crippen LogP contribution in [-0.2, 0) is 0 Å². The van der Waals surface area contributed by atoms with Crippen molar-refractivity contribution in [1.29, 1.82) is 0 Å². The highest BCUT2D eigenvalue weighted by Gasteiger charge is 2.15. The third-order valence-electron chi connectivity index (χ3n) is 3.26. The van der Waals surface area contributed by atoms with Crippen LogP contribution in [-0.4, -0.2) is 0 Å². The van der Waals surface area contributed by atoms with Crippen LogP contribution in [0.25, 0.3) is 0 Å². The molecule has 0 saturated heterocycles. The van der Waals surface area contributed by atoms with Crippen LogP contribution in [0.3, 0.4) is 0 Å². The largest absolute Gasteiger partial charge is 0.303 e. The Morgan fingerprint density at radius 1 is 1.26 bits per heavy atom. The summed E-state index contributed by atoms with van der Waals surface area (Å²) in [6, 6.07) is 13.7. The monoisotopic (exact) mass is 337 g/mol. The molecule has 1 nitrogen and oxygen atoms in total. The van der Waals surface area contributed by atoms with E-state index in [1.165, 1.54) is 23.3 Å². The van der Waals surface area contributed by atoms with E-state index in [-0.39, 0.29) is 0 Å². The molecule has 2 aromatic rings. The lowest BCUT2D eigenvalue weighted by Crippen LogP contribution is -2.24. The maximum absolute atomic E-state index is 3.75. The summed E-state index contributed by atoms with van der Waals surface area (Å²) in [4.78, 5) is 1.43. The van der Waals surface area contributed by atoms with Crippen molar-refractivity contribution in [2.45, 2.75) is 38.8 Å². The zero-order valence-electron chi connectivity index (χ0n) is 11.4. The second-order valence-electron chi connectivity index (χ2n) is 4.80. The fourth-order valence-corrected chi connectivity index (χ4v) is 3.50. The van der Waals surface area contributed by atoms with E-state index in [4.69, 9.17) is 0 Å². The minimum absolute atomic E-state index is 0.358. The molecule has 0 fully saturated rings. The molecule has 2 unspecified atom stereocenters. The predicted octanol–water partition coefficient (Wildman–Crippen LogP) is 5.70. The van der Waals surface area contributed by atoms with E-state index in [0.717, 1.165) is 4.47 Å². The van der Waals surface area contributed by atoms with Gasteiger partial charge in [0.2, 0.25) is 0 Å². The van der Waals surface area contributed by atoms with Crippen molar-refractivity contribution in [2.75, 3.05) is 0 Å². The molecule has 19 heavy (non-hydrogen) atoms. The Morgan fingerprint density at radius 2 is 2.11 bits per heavy atom. The van der Waals surface area contributed by atoms with Gasteiger partial charge >= 0.3 is 0 Å². The number of nitrogens with one attached hydrogen (secondary N) is 1. The summed E-state index contributed by atoms with van der Waals surface area (Å²) in [5.41, 5.74) is 1.33. The highest BCUT2D eigenvalue weighted by atomic mass is 79.9. The normalized spacial score (nSPS) is 14.3. The van der Waals surface area contributed by atoms with E-state index in [9.17, 15) is 0 Å². The summed E-state index contributed by atoms with van der Waals surface area (Å²) < 4.78 is 1.14. The molecule has 0 radical (unpaired) electrons. The summed E-state index contributed by atoms with van der Waals surface area (Å²) in [6.45, 7) is 4.48. The van der Waals surface area contributed by atoms with Gasteiger partial charge in [-0.15, -0.1) is 11.3 Å². The van der Waals surface area contributed by atoms with E-state index in [2.05, 4.69) is 76.9 Å². The molecule has 1 heterocycles. The second-order valence-corrected chi connectivity index (χ2v) is 6.69. The van der Waals surface area contributed by atoms with Gasteiger partial charge in [-0.1, -0.05) is 47.5 Å². The van der Waals surface area contributed by atoms with Gasteiger partial charge in [0.05, 0.1) is 0 Å². The Bertz CT molecular complexity index is 495. The van der Waals surface area contributed by atoms with Crippen molar-refractivity contribution in [3.8, 4) is 0 Å². The van der Waals surface area contributed by atoms with E-state index < -0.39 is 0 Å². The van der Waals surface area contributed by atoms with Gasteiger partial charge in [-0.3, -0.25) is 0 Å². The summed E-state index contributed by atoms with van der Waals surface area (Å²) in [6.07, 6.45) is 2.37. The molecule has 0 aliphatic heterocycles. The number of rotatable bonds is 6. The van der Waals surface area contributed by atoms with Gasteiger partial charge in [0.25, 0.3) is 0 Å². The highest BCUT2D eigenvalue weighted by Crippen LogP contribution is 2.27. The zero-order valence-corrected chi connectivity index (χ0v) is 13.8. The second kappa shape index (κ2) is 7.22. The van der Waals surface area contributed by atoms with Gasteiger partial charge in [-0.2, -0.15) is 0 Å². The van der Waals surface area contributed by atoms with Crippen LogP contribution < -0.4 is 5.32 Å². The fourth-order valence-electron chi connectivity index (χ4n) is 2.26. The number of hydrogen-bond donors (Lipinski definition) is 1. The Hall–Kier alpha value is -0.640. The summed E-state index contributed by atoms with van der Waals surface area (Å²) in [5, 5.41) is 5.91. The molecule has 0 bridgehead atoms. The molecule has 2 rings (SSSR count). The van der Waals surface area contributed by atoms with Crippen LogP contribution in [0.1, 0.15) is 49.2 Å². The third-order valence-corrected chi connectivity index (χ3v) is 4.74. The van der Waals surface area contributed by atoms with Gasteiger partial charge < -0.3 is 5.32 Å². The molecule has 1 aromatic heterocycles. The Morgan fingerprint density at radius 3 is 2.74 bits per heavy atom. The molecule has 0 aliphatic rings. The van der Waals surface area contributed by atoms with E-state index in [0.29, 0.717) is 12.1 Å². The van der Waals surface area contributed by atoms with Crippen molar-refractivity contribution in [2.24, 2.45) is 0 Å². The molecular formula is C16H20BrNS. The molecule has 1 aromatic carbocycles. The van der Waals surface area contributed by atoms with Gasteiger partial charge in [-0.25, -0.2) is 0 Å². The summed E-state index contributed by atoms with van der Waals surface area (Å²) in [7, 11) is 0. The van der Waals surface area contributed by atoms with E-state index in [1.54, 1.807) is 0 Å². The quantitative estimate of drug-likeness (QED) is 0.712. The molecule has 2 atom stereocenters. The lowest BCUT2D eigenvalue weighted by atomic mass is 10.0. The predicted molar refractivity (Wildman–Crippen MR) is 87.7 cm³/mol. The Balaban J connectivity index is 2.09. The van der Waals surface area contributed by atoms with Crippen molar-refractivity contribution >= 4 is 27.3 Å². The van der Waals surface area contributed by atoms with Crippen molar-refractivity contribution in [3.05, 3.63) is 56.7 Å². The van der Waals surface area contributed by atoms with Gasteiger partial charge in [0.1, 0.15) is 0 Å². The van der Waals surface area contributed by atoms with Gasteiger partial charge in [0, 0.05) is 21.4 Å². The molecule has 0 spiro atoms. The fraction of sp³-hybridized carbons (Fsp3) is 0.375. The van der Waals surface area contributed by atoms with Crippen LogP contribution in [0.4, 0.5) is 0 Å². The highest BCUT2D eigenvalue weighted by molar-refractivity contribution is 9.10. The van der Waals surface area contributed by atoms with Crippen LogP contribution >= 0.6 is 27.3 Å². The summed E-state index contributed by atoms with van der Waals surface area (Å²) >= 11 is 5.38. The topological polar surface area (TPSA) is 12.0 Å². The lowest BCUT2D eigenvalue weighted by molar-refractivity contribution is 0.445. The first-order valence-corrected chi connectivity index (χ1v) is 8.43. The van der Waals surface area contributed by atoms with Gasteiger partial charge in [0.15, 0.2) is 0 Å². The first-order valence-electron chi connectivity index (χ1n) is 6.75. The standard InChI is InChI=1S/C16H20BrNS/c1-3-6-15(16-9-5-10-19-16)18-12(2)13-7-4-8-14(17)11-13/h4-5,7-12,15,18H,3,6H2,1-2H3.